The zero-order chi connectivity index (χ0) is 13.0. The number of piperidine rings is 1. The molecule has 0 unspecified atom stereocenters. The zero-order valence-corrected chi connectivity index (χ0v) is 10.6. The van der Waals surface area contributed by atoms with Gasteiger partial charge in [0.1, 0.15) is 5.69 Å². The highest BCUT2D eigenvalue weighted by Gasteiger charge is 2.36. The maximum absolute atomic E-state index is 12.3. The van der Waals surface area contributed by atoms with Gasteiger partial charge in [-0.25, -0.2) is 0 Å². The second-order valence-electron chi connectivity index (χ2n) is 5.06. The molecule has 1 aliphatic rings. The number of aliphatic hydroxyl groups excluding tert-OH is 1. The molecule has 2 rings (SSSR count). The van der Waals surface area contributed by atoms with E-state index < -0.39 is 0 Å². The Labute approximate surface area is 107 Å². The fourth-order valence-corrected chi connectivity index (χ4v) is 2.68. The fraction of sp³-hybridized carbons (Fsp3) is 0.500. The summed E-state index contributed by atoms with van der Waals surface area (Å²) in [4.78, 5) is 17.0. The number of amides is 1. The Morgan fingerprint density at radius 2 is 2.50 bits per heavy atom. The predicted molar refractivity (Wildman–Crippen MR) is 70.3 cm³/mol. The molecule has 18 heavy (non-hydrogen) atoms. The van der Waals surface area contributed by atoms with Gasteiger partial charge in [0.2, 0.25) is 0 Å². The third-order valence-electron chi connectivity index (χ3n) is 3.69. The van der Waals surface area contributed by atoms with Crippen LogP contribution in [0.3, 0.4) is 0 Å². The van der Waals surface area contributed by atoms with Crippen LogP contribution in [0, 0.1) is 5.41 Å². The minimum atomic E-state index is -0.206. The van der Waals surface area contributed by atoms with Crippen molar-refractivity contribution >= 4 is 5.91 Å². The van der Waals surface area contributed by atoms with Crippen LogP contribution in [0.2, 0.25) is 0 Å². The second kappa shape index (κ2) is 5.40. The predicted octanol–water partition coefficient (Wildman–Crippen LogP) is 1.81. The third-order valence-corrected chi connectivity index (χ3v) is 3.69. The summed E-state index contributed by atoms with van der Waals surface area (Å²) in [6, 6.07) is 3.60. The Kier molecular flexibility index (Phi) is 3.87. The van der Waals surface area contributed by atoms with E-state index in [1.54, 1.807) is 12.3 Å². The van der Waals surface area contributed by atoms with E-state index in [0.29, 0.717) is 12.2 Å². The summed E-state index contributed by atoms with van der Waals surface area (Å²) in [7, 11) is 0. The lowest BCUT2D eigenvalue weighted by atomic mass is 9.78. The Hall–Kier alpha value is -1.55. The number of carbonyl (C=O) groups is 1. The molecule has 1 aliphatic heterocycles. The topological polar surface area (TPSA) is 56.3 Å². The van der Waals surface area contributed by atoms with Gasteiger partial charge in [-0.3, -0.25) is 4.79 Å². The van der Waals surface area contributed by atoms with E-state index in [2.05, 4.69) is 11.6 Å². The molecule has 0 saturated carbocycles. The molecule has 2 heterocycles. The molecule has 4 nitrogen and oxygen atoms in total. The number of likely N-dealkylation sites (tertiary alicyclic amines) is 1. The molecule has 98 valence electrons. The number of rotatable bonds is 4. The summed E-state index contributed by atoms with van der Waals surface area (Å²) >= 11 is 0. The fourth-order valence-electron chi connectivity index (χ4n) is 2.68. The van der Waals surface area contributed by atoms with Crippen LogP contribution in [-0.4, -0.2) is 40.6 Å². The number of nitrogens with one attached hydrogen (secondary N) is 1. The molecule has 0 aromatic carbocycles. The van der Waals surface area contributed by atoms with Crippen LogP contribution < -0.4 is 0 Å². The molecule has 0 bridgehead atoms. The Balaban J connectivity index is 2.10. The van der Waals surface area contributed by atoms with Crippen molar-refractivity contribution in [1.29, 1.82) is 0 Å². The number of hydrogen-bond donors (Lipinski definition) is 2. The number of hydrogen-bond acceptors (Lipinski definition) is 2. The maximum atomic E-state index is 12.3. The average molecular weight is 248 g/mol. The van der Waals surface area contributed by atoms with E-state index in [4.69, 9.17) is 0 Å². The minimum Gasteiger partial charge on any atom is -0.396 e. The SMILES string of the molecule is C=CC[C@]1(CO)CCCN(C(=O)c2ccc[nH]2)C1. The van der Waals surface area contributed by atoms with Gasteiger partial charge in [0.15, 0.2) is 0 Å². The summed E-state index contributed by atoms with van der Waals surface area (Å²) < 4.78 is 0. The number of H-pyrrole nitrogens is 1. The highest BCUT2D eigenvalue weighted by molar-refractivity contribution is 5.92. The van der Waals surface area contributed by atoms with Gasteiger partial charge in [-0.05, 0) is 31.4 Å². The Morgan fingerprint density at radius 3 is 3.11 bits per heavy atom. The van der Waals surface area contributed by atoms with E-state index in [-0.39, 0.29) is 17.9 Å². The van der Waals surface area contributed by atoms with Crippen molar-refractivity contribution in [3.05, 3.63) is 36.7 Å². The van der Waals surface area contributed by atoms with Crippen LogP contribution in [0.25, 0.3) is 0 Å². The summed E-state index contributed by atoms with van der Waals surface area (Å²) in [5.41, 5.74) is 0.407. The molecule has 1 amide bonds. The maximum Gasteiger partial charge on any atom is 0.270 e. The number of carbonyl (C=O) groups excluding carboxylic acids is 1. The molecule has 1 saturated heterocycles. The van der Waals surface area contributed by atoms with Gasteiger partial charge in [-0.15, -0.1) is 6.58 Å². The molecule has 0 spiro atoms. The standard InChI is InChI=1S/C14H20N2O2/c1-2-6-14(11-17)7-4-9-16(10-14)13(18)12-5-3-8-15-12/h2-3,5,8,15,17H,1,4,6-7,9-11H2/t14-/m0/s1. The van der Waals surface area contributed by atoms with Crippen molar-refractivity contribution in [3.63, 3.8) is 0 Å². The van der Waals surface area contributed by atoms with E-state index in [0.717, 1.165) is 25.8 Å². The van der Waals surface area contributed by atoms with Crippen molar-refractivity contribution in [1.82, 2.24) is 9.88 Å². The molecular weight excluding hydrogens is 228 g/mol. The largest absolute Gasteiger partial charge is 0.396 e. The van der Waals surface area contributed by atoms with Crippen LogP contribution in [0.4, 0.5) is 0 Å². The first-order valence-corrected chi connectivity index (χ1v) is 6.35. The number of aromatic nitrogens is 1. The Bertz CT molecular complexity index is 413. The lowest BCUT2D eigenvalue weighted by molar-refractivity contribution is 0.0282. The summed E-state index contributed by atoms with van der Waals surface area (Å²) in [6.45, 7) is 5.22. The van der Waals surface area contributed by atoms with Crippen LogP contribution in [0.5, 0.6) is 0 Å². The van der Waals surface area contributed by atoms with Crippen LogP contribution >= 0.6 is 0 Å². The van der Waals surface area contributed by atoms with Crippen LogP contribution in [0.15, 0.2) is 31.0 Å². The molecule has 1 aromatic heterocycles. The highest BCUT2D eigenvalue weighted by Crippen LogP contribution is 2.33. The first kappa shape index (κ1) is 12.9. The lowest BCUT2D eigenvalue weighted by Gasteiger charge is -2.41. The summed E-state index contributed by atoms with van der Waals surface area (Å²) in [5.74, 6) is 0.0154. The van der Waals surface area contributed by atoms with Crippen molar-refractivity contribution in [2.45, 2.75) is 19.3 Å². The molecule has 0 radical (unpaired) electrons. The van der Waals surface area contributed by atoms with Crippen molar-refractivity contribution in [2.75, 3.05) is 19.7 Å². The van der Waals surface area contributed by atoms with Crippen molar-refractivity contribution < 1.29 is 9.90 Å². The number of nitrogens with zero attached hydrogens (tertiary/aromatic N) is 1. The first-order valence-electron chi connectivity index (χ1n) is 6.35. The molecule has 1 fully saturated rings. The van der Waals surface area contributed by atoms with Gasteiger partial charge in [0, 0.05) is 24.7 Å². The van der Waals surface area contributed by atoms with E-state index >= 15 is 0 Å². The summed E-state index contributed by atoms with van der Waals surface area (Å²) in [5, 5.41) is 9.61. The molecule has 0 aliphatic carbocycles. The molecule has 4 heteroatoms. The average Bonchev–Trinajstić information content (AvgIpc) is 2.92. The van der Waals surface area contributed by atoms with Crippen LogP contribution in [0.1, 0.15) is 29.8 Å². The van der Waals surface area contributed by atoms with E-state index in [1.807, 2.05) is 17.0 Å². The van der Waals surface area contributed by atoms with Gasteiger partial charge in [0.05, 0.1) is 6.61 Å². The monoisotopic (exact) mass is 248 g/mol. The number of aromatic amines is 1. The van der Waals surface area contributed by atoms with Gasteiger partial charge in [0.25, 0.3) is 5.91 Å². The smallest absolute Gasteiger partial charge is 0.270 e. The normalized spacial score (nSPS) is 23.9. The molecule has 1 aromatic rings. The summed E-state index contributed by atoms with van der Waals surface area (Å²) in [6.07, 6.45) is 6.21. The minimum absolute atomic E-state index is 0.0154. The molecular formula is C14H20N2O2. The van der Waals surface area contributed by atoms with Crippen molar-refractivity contribution in [3.8, 4) is 0 Å². The van der Waals surface area contributed by atoms with Crippen LogP contribution in [-0.2, 0) is 0 Å². The number of allylic oxidation sites excluding steroid dienone is 1. The molecule has 1 atom stereocenters. The second-order valence-corrected chi connectivity index (χ2v) is 5.06. The van der Waals surface area contributed by atoms with E-state index in [1.165, 1.54) is 0 Å². The first-order chi connectivity index (χ1) is 8.71. The van der Waals surface area contributed by atoms with E-state index in [9.17, 15) is 9.90 Å². The number of aliphatic hydroxyl groups is 1. The quantitative estimate of drug-likeness (QED) is 0.798. The van der Waals surface area contributed by atoms with Gasteiger partial charge in [-0.2, -0.15) is 0 Å². The lowest BCUT2D eigenvalue weighted by Crippen LogP contribution is -2.47. The highest BCUT2D eigenvalue weighted by atomic mass is 16.3. The van der Waals surface area contributed by atoms with Gasteiger partial charge < -0.3 is 15.0 Å². The van der Waals surface area contributed by atoms with Gasteiger partial charge >= 0.3 is 0 Å². The zero-order valence-electron chi connectivity index (χ0n) is 10.6. The van der Waals surface area contributed by atoms with Crippen molar-refractivity contribution in [2.24, 2.45) is 5.41 Å². The Morgan fingerprint density at radius 1 is 1.67 bits per heavy atom. The van der Waals surface area contributed by atoms with Gasteiger partial charge in [-0.1, -0.05) is 6.08 Å². The molecule has 2 N–H and O–H groups in total. The third kappa shape index (κ3) is 2.48.